The van der Waals surface area contributed by atoms with Crippen LogP contribution in [0, 0.1) is 50.2 Å². The number of ether oxygens (including phenoxy) is 2. The highest BCUT2D eigenvalue weighted by molar-refractivity contribution is 6.30. The van der Waals surface area contributed by atoms with Crippen molar-refractivity contribution in [1.29, 1.82) is 0 Å². The van der Waals surface area contributed by atoms with E-state index in [4.69, 9.17) is 21.1 Å². The fourth-order valence-corrected chi connectivity index (χ4v) is 13.6. The molecule has 0 bridgehead atoms. The molecule has 0 saturated heterocycles. The molecule has 4 fully saturated rings. The van der Waals surface area contributed by atoms with E-state index in [9.17, 15) is 9.59 Å². The van der Waals surface area contributed by atoms with E-state index in [0.717, 1.165) is 24.8 Å². The highest BCUT2D eigenvalue weighted by Crippen LogP contribution is 2.79. The molecule has 0 spiro atoms. The number of carbonyl (C=O) groups is 2. The van der Waals surface area contributed by atoms with Gasteiger partial charge in [-0.2, -0.15) is 0 Å². The second kappa shape index (κ2) is 13.3. The van der Waals surface area contributed by atoms with Gasteiger partial charge in [-0.25, -0.2) is 4.79 Å². The van der Waals surface area contributed by atoms with Crippen LogP contribution in [0.15, 0.2) is 35.4 Å². The van der Waals surface area contributed by atoms with Crippen molar-refractivity contribution in [3.8, 4) is 0 Å². The standard InChI is InChI=1S/C46H70ClNO4/c1-30(2)34-19-22-46(27-28-48(39(50)52-40(4,5)6)29-32-13-15-33(47)16-14-32)26-24-42(9)35(38(34)46)17-18-36-43(42,10)23-25-45(12)41(7,8)37(51-31(3)49)20-21-44(36,45)11/h13-16,30,35-37H,17-29H2,1-12H3. The first-order valence-corrected chi connectivity index (χ1v) is 21.0. The van der Waals surface area contributed by atoms with Crippen LogP contribution in [0.3, 0.4) is 0 Å². The van der Waals surface area contributed by atoms with Crippen molar-refractivity contribution in [2.75, 3.05) is 6.54 Å². The Morgan fingerprint density at radius 1 is 0.865 bits per heavy atom. The second-order valence-corrected chi connectivity index (χ2v) is 21.2. The van der Waals surface area contributed by atoms with Crippen LogP contribution in [0.2, 0.25) is 5.02 Å². The first-order chi connectivity index (χ1) is 24.0. The molecule has 1 aromatic carbocycles. The van der Waals surface area contributed by atoms with Crippen molar-refractivity contribution in [1.82, 2.24) is 4.90 Å². The predicted molar refractivity (Wildman–Crippen MR) is 212 cm³/mol. The van der Waals surface area contributed by atoms with Gasteiger partial charge in [-0.05, 0) is 154 Å². The Labute approximate surface area is 321 Å². The van der Waals surface area contributed by atoms with Gasteiger partial charge in [0.25, 0.3) is 0 Å². The minimum atomic E-state index is -0.556. The van der Waals surface area contributed by atoms with Crippen molar-refractivity contribution in [3.63, 3.8) is 0 Å². The molecule has 4 saturated carbocycles. The summed E-state index contributed by atoms with van der Waals surface area (Å²) < 4.78 is 12.1. The molecular formula is C46H70ClNO4. The lowest BCUT2D eigenvalue weighted by Gasteiger charge is -2.75. The third kappa shape index (κ3) is 6.18. The third-order valence-corrected chi connectivity index (χ3v) is 17.2. The molecule has 0 N–H and O–H groups in total. The van der Waals surface area contributed by atoms with Crippen LogP contribution < -0.4 is 0 Å². The van der Waals surface area contributed by atoms with Crippen LogP contribution in [-0.2, 0) is 20.8 Å². The summed E-state index contributed by atoms with van der Waals surface area (Å²) in [7, 11) is 0. The Balaban J connectivity index is 1.32. The van der Waals surface area contributed by atoms with Gasteiger partial charge in [0, 0.05) is 30.5 Å². The molecule has 0 aliphatic heterocycles. The van der Waals surface area contributed by atoms with Crippen LogP contribution in [0.25, 0.3) is 0 Å². The number of hydrogen-bond acceptors (Lipinski definition) is 4. The summed E-state index contributed by atoms with van der Waals surface area (Å²) >= 11 is 6.24. The molecule has 6 heteroatoms. The van der Waals surface area contributed by atoms with Crippen LogP contribution in [0.4, 0.5) is 4.79 Å². The predicted octanol–water partition coefficient (Wildman–Crippen LogP) is 12.6. The van der Waals surface area contributed by atoms with Crippen molar-refractivity contribution in [2.45, 2.75) is 172 Å². The topological polar surface area (TPSA) is 55.8 Å². The number of fused-ring (bicyclic) bond motifs is 7. The van der Waals surface area contributed by atoms with Crippen molar-refractivity contribution in [3.05, 3.63) is 46.0 Å². The van der Waals surface area contributed by atoms with E-state index < -0.39 is 5.60 Å². The first kappa shape index (κ1) is 39.7. The van der Waals surface area contributed by atoms with Crippen LogP contribution >= 0.6 is 11.6 Å². The van der Waals surface area contributed by atoms with Gasteiger partial charge in [-0.15, -0.1) is 0 Å². The monoisotopic (exact) mass is 735 g/mol. The normalized spacial score (nSPS) is 38.2. The fourth-order valence-electron chi connectivity index (χ4n) is 13.5. The van der Waals surface area contributed by atoms with Crippen LogP contribution in [0.1, 0.15) is 159 Å². The molecule has 5 aliphatic rings. The summed E-state index contributed by atoms with van der Waals surface area (Å²) in [6.07, 6.45) is 12.6. The maximum absolute atomic E-state index is 13.8. The number of esters is 1. The zero-order valence-corrected chi connectivity index (χ0v) is 35.5. The van der Waals surface area contributed by atoms with Crippen molar-refractivity contribution < 1.29 is 19.1 Å². The Kier molecular flexibility index (Phi) is 10.2. The van der Waals surface area contributed by atoms with Gasteiger partial charge in [0.05, 0.1) is 0 Å². The lowest BCUT2D eigenvalue weighted by atomic mass is 9.29. The molecule has 0 heterocycles. The molecule has 8 atom stereocenters. The molecule has 0 aromatic heterocycles. The molecule has 1 amide bonds. The number of halogens is 1. The fraction of sp³-hybridized carbons (Fsp3) is 0.783. The maximum atomic E-state index is 13.8. The molecule has 8 unspecified atom stereocenters. The molecule has 5 aliphatic carbocycles. The van der Waals surface area contributed by atoms with Crippen LogP contribution in [-0.4, -0.2) is 35.2 Å². The summed E-state index contributed by atoms with van der Waals surface area (Å²) in [6, 6.07) is 7.88. The smallest absolute Gasteiger partial charge is 0.410 e. The number of amides is 1. The summed E-state index contributed by atoms with van der Waals surface area (Å²) in [5.41, 5.74) is 4.80. The zero-order chi connectivity index (χ0) is 38.3. The van der Waals surface area contributed by atoms with Crippen molar-refractivity contribution in [2.24, 2.45) is 50.2 Å². The third-order valence-electron chi connectivity index (χ3n) is 17.0. The number of allylic oxidation sites excluding steroid dienone is 2. The van der Waals surface area contributed by atoms with Gasteiger partial charge in [0.15, 0.2) is 0 Å². The van der Waals surface area contributed by atoms with E-state index in [2.05, 4.69) is 55.4 Å². The Morgan fingerprint density at radius 2 is 1.52 bits per heavy atom. The summed E-state index contributed by atoms with van der Waals surface area (Å²) in [5, 5.41) is 0.706. The molecule has 290 valence electrons. The van der Waals surface area contributed by atoms with Gasteiger partial charge in [0.1, 0.15) is 11.7 Å². The average molecular weight is 737 g/mol. The molecular weight excluding hydrogens is 666 g/mol. The van der Waals surface area contributed by atoms with E-state index in [1.165, 1.54) is 51.4 Å². The van der Waals surface area contributed by atoms with Crippen LogP contribution in [0.5, 0.6) is 0 Å². The maximum Gasteiger partial charge on any atom is 0.410 e. The Bertz CT molecular complexity index is 1570. The number of nitrogens with zero attached hydrogens (tertiary/aromatic N) is 1. The average Bonchev–Trinajstić information content (AvgIpc) is 3.43. The summed E-state index contributed by atoms with van der Waals surface area (Å²) in [5.74, 6) is 1.60. The molecule has 0 radical (unpaired) electrons. The van der Waals surface area contributed by atoms with Gasteiger partial charge in [0.2, 0.25) is 0 Å². The molecule has 1 aromatic rings. The zero-order valence-electron chi connectivity index (χ0n) is 34.8. The van der Waals surface area contributed by atoms with E-state index in [1.54, 1.807) is 18.1 Å². The Hall–Kier alpha value is -2.01. The minimum absolute atomic E-state index is 0.0214. The minimum Gasteiger partial charge on any atom is -0.462 e. The summed E-state index contributed by atoms with van der Waals surface area (Å²) in [6.45, 7) is 28.9. The van der Waals surface area contributed by atoms with Gasteiger partial charge in [-0.1, -0.05) is 90.3 Å². The molecule has 6 rings (SSSR count). The van der Waals surface area contributed by atoms with E-state index in [-0.39, 0.29) is 50.7 Å². The number of benzene rings is 1. The SMILES string of the molecule is CC(=O)OC1CCC2(C)C3CCC4C5=C(C(C)C)CCC5(CCN(Cc5ccc(Cl)cc5)C(=O)OC(C)(C)C)CCC4(C)C3(C)CCC2(C)C1(C)C. The number of hydrogen-bond donors (Lipinski definition) is 0. The van der Waals surface area contributed by atoms with E-state index in [0.29, 0.717) is 35.9 Å². The van der Waals surface area contributed by atoms with Gasteiger partial charge in [-0.3, -0.25) is 4.79 Å². The largest absolute Gasteiger partial charge is 0.462 e. The Morgan fingerprint density at radius 3 is 2.13 bits per heavy atom. The second-order valence-electron chi connectivity index (χ2n) is 20.8. The highest BCUT2D eigenvalue weighted by Gasteiger charge is 2.73. The van der Waals surface area contributed by atoms with Gasteiger partial charge < -0.3 is 14.4 Å². The molecule has 5 nitrogen and oxygen atoms in total. The first-order valence-electron chi connectivity index (χ1n) is 20.7. The van der Waals surface area contributed by atoms with E-state index in [1.807, 2.05) is 49.9 Å². The lowest BCUT2D eigenvalue weighted by Crippen LogP contribution is -2.69. The van der Waals surface area contributed by atoms with Crippen molar-refractivity contribution >= 4 is 23.7 Å². The van der Waals surface area contributed by atoms with Gasteiger partial charge >= 0.3 is 12.1 Å². The number of rotatable bonds is 7. The highest BCUT2D eigenvalue weighted by atomic mass is 35.5. The number of carbonyl (C=O) groups excluding carboxylic acids is 2. The lowest BCUT2D eigenvalue weighted by molar-refractivity contribution is -0.270. The molecule has 52 heavy (non-hydrogen) atoms. The quantitative estimate of drug-likeness (QED) is 0.207. The summed E-state index contributed by atoms with van der Waals surface area (Å²) in [4.78, 5) is 28.0. The van der Waals surface area contributed by atoms with E-state index >= 15 is 0 Å².